The van der Waals surface area contributed by atoms with Crippen LogP contribution in [0.2, 0.25) is 10.0 Å². The van der Waals surface area contributed by atoms with Crippen LogP contribution in [0.15, 0.2) is 63.2 Å². The molecule has 1 heterocycles. The molecule has 1 aromatic heterocycles. The van der Waals surface area contributed by atoms with Gasteiger partial charge >= 0.3 is 12.1 Å². The van der Waals surface area contributed by atoms with E-state index in [1.54, 1.807) is 6.92 Å². The molecule has 0 fully saturated rings. The first kappa shape index (κ1) is 24.0. The van der Waals surface area contributed by atoms with Crippen LogP contribution in [-0.2, 0) is 15.7 Å². The second-order valence-corrected chi connectivity index (χ2v) is 7.32. The topological polar surface area (TPSA) is 84.1 Å². The van der Waals surface area contributed by atoms with Gasteiger partial charge in [0.05, 0.1) is 28.0 Å². The van der Waals surface area contributed by atoms with Crippen molar-refractivity contribution in [2.24, 2.45) is 10.2 Å². The Morgan fingerprint density at radius 2 is 2.00 bits per heavy atom. The summed E-state index contributed by atoms with van der Waals surface area (Å²) < 4.78 is 42.6. The number of alkyl halides is 3. The minimum Gasteiger partial charge on any atom is -0.509 e. The fourth-order valence-corrected chi connectivity index (χ4v) is 3.09. The lowest BCUT2D eigenvalue weighted by atomic mass is 10.3. The number of nitrogens with zero attached hydrogens (tertiary/aromatic N) is 3. The molecule has 0 radical (unpaired) electrons. The number of pyridine rings is 1. The van der Waals surface area contributed by atoms with Gasteiger partial charge in [-0.25, -0.2) is 9.78 Å². The van der Waals surface area contributed by atoms with Crippen molar-refractivity contribution in [1.82, 2.24) is 4.98 Å². The number of esters is 1. The van der Waals surface area contributed by atoms with E-state index in [4.69, 9.17) is 27.9 Å². The largest absolute Gasteiger partial charge is 0.509 e. The van der Waals surface area contributed by atoms with Crippen molar-refractivity contribution in [3.63, 3.8) is 0 Å². The minimum atomic E-state index is -4.50. The van der Waals surface area contributed by atoms with Crippen LogP contribution in [0.5, 0.6) is 0 Å². The van der Waals surface area contributed by atoms with Gasteiger partial charge in [-0.3, -0.25) is 0 Å². The number of benzene rings is 1. The minimum absolute atomic E-state index is 0.0282. The monoisotopic (exact) mass is 479 g/mol. The first-order chi connectivity index (χ1) is 14.1. The fourth-order valence-electron chi connectivity index (χ4n) is 1.93. The van der Waals surface area contributed by atoms with E-state index in [2.05, 4.69) is 15.2 Å². The molecule has 0 aliphatic rings. The van der Waals surface area contributed by atoms with Crippen molar-refractivity contribution in [2.45, 2.75) is 18.1 Å². The fraction of sp³-hybridized carbons (Fsp3) is 0.222. The van der Waals surface area contributed by atoms with Gasteiger partial charge in [-0.05, 0) is 37.3 Å². The summed E-state index contributed by atoms with van der Waals surface area (Å²) in [7, 11) is 0. The third-order valence-electron chi connectivity index (χ3n) is 3.33. The molecule has 12 heteroatoms. The number of hydrogen-bond donors (Lipinski definition) is 1. The van der Waals surface area contributed by atoms with E-state index in [0.29, 0.717) is 11.2 Å². The van der Waals surface area contributed by atoms with E-state index in [-0.39, 0.29) is 28.1 Å². The molecule has 160 valence electrons. The SMILES string of the molecule is CCOC(=O)/C(N=Nc1ccc(Cl)cc1Cl)=C(\O)CSc1ccc(C(F)(F)F)cn1. The molecule has 2 aromatic rings. The van der Waals surface area contributed by atoms with Crippen molar-refractivity contribution in [3.05, 3.63) is 63.6 Å². The van der Waals surface area contributed by atoms with Gasteiger partial charge in [0.1, 0.15) is 11.4 Å². The lowest BCUT2D eigenvalue weighted by molar-refractivity contribution is -0.139. The van der Waals surface area contributed by atoms with E-state index < -0.39 is 29.2 Å². The maximum Gasteiger partial charge on any atom is 0.417 e. The Labute approximate surface area is 183 Å². The Balaban J connectivity index is 2.21. The average Bonchev–Trinajstić information content (AvgIpc) is 2.68. The maximum absolute atomic E-state index is 12.6. The van der Waals surface area contributed by atoms with Gasteiger partial charge < -0.3 is 9.84 Å². The van der Waals surface area contributed by atoms with E-state index in [1.807, 2.05) is 0 Å². The van der Waals surface area contributed by atoms with Crippen molar-refractivity contribution >= 4 is 46.6 Å². The second-order valence-electron chi connectivity index (χ2n) is 5.48. The quantitative estimate of drug-likeness (QED) is 0.158. The van der Waals surface area contributed by atoms with Crippen molar-refractivity contribution in [1.29, 1.82) is 0 Å². The molecule has 0 saturated carbocycles. The Hall–Kier alpha value is -2.30. The van der Waals surface area contributed by atoms with Crippen LogP contribution in [0.25, 0.3) is 0 Å². The Kier molecular flexibility index (Phi) is 8.51. The highest BCUT2D eigenvalue weighted by atomic mass is 35.5. The van der Waals surface area contributed by atoms with Gasteiger partial charge in [0.2, 0.25) is 5.70 Å². The molecule has 30 heavy (non-hydrogen) atoms. The van der Waals surface area contributed by atoms with E-state index in [9.17, 15) is 23.1 Å². The third kappa shape index (κ3) is 6.89. The third-order valence-corrected chi connectivity index (χ3v) is 4.82. The van der Waals surface area contributed by atoms with Crippen molar-refractivity contribution in [2.75, 3.05) is 12.4 Å². The van der Waals surface area contributed by atoms with Gasteiger partial charge in [0.15, 0.2) is 0 Å². The molecule has 0 saturated heterocycles. The van der Waals surface area contributed by atoms with Crippen LogP contribution in [0, 0.1) is 0 Å². The van der Waals surface area contributed by atoms with Crippen molar-refractivity contribution < 1.29 is 27.8 Å². The molecule has 0 spiro atoms. The summed E-state index contributed by atoms with van der Waals surface area (Å²) in [5.41, 5.74) is -1.16. The number of aliphatic hydroxyl groups is 1. The number of azo groups is 1. The molecular weight excluding hydrogens is 466 g/mol. The summed E-state index contributed by atoms with van der Waals surface area (Å²) in [6.07, 6.45) is -3.82. The summed E-state index contributed by atoms with van der Waals surface area (Å²) in [5.74, 6) is -1.63. The number of aliphatic hydroxyl groups excluding tert-OH is 1. The van der Waals surface area contributed by atoms with Gasteiger partial charge in [-0.15, -0.1) is 10.2 Å². The molecule has 2 rings (SSSR count). The number of thioether (sulfide) groups is 1. The summed E-state index contributed by atoms with van der Waals surface area (Å²) in [6.45, 7) is 1.60. The summed E-state index contributed by atoms with van der Waals surface area (Å²) >= 11 is 12.7. The van der Waals surface area contributed by atoms with Gasteiger partial charge in [0.25, 0.3) is 0 Å². The molecule has 1 aromatic carbocycles. The van der Waals surface area contributed by atoms with Crippen molar-refractivity contribution in [3.8, 4) is 0 Å². The Morgan fingerprint density at radius 3 is 2.57 bits per heavy atom. The number of carbonyl (C=O) groups excluding carboxylic acids is 1. The zero-order valence-corrected chi connectivity index (χ0v) is 17.6. The van der Waals surface area contributed by atoms with Crippen LogP contribution in [0.4, 0.5) is 18.9 Å². The summed E-state index contributed by atoms with van der Waals surface area (Å²) in [4.78, 5) is 15.8. The normalized spacial score (nSPS) is 12.7. The molecule has 0 bridgehead atoms. The predicted octanol–water partition coefficient (Wildman–Crippen LogP) is 6.62. The standard InChI is InChI=1S/C18H14Cl2F3N3O3S/c1-2-29-17(28)16(26-25-13-5-4-11(19)7-12(13)20)14(27)9-30-15-6-3-10(8-24-15)18(21,22)23/h3-8,27H,2,9H2,1H3/b16-14+,26-25?. The molecule has 6 nitrogen and oxygen atoms in total. The number of carbonyl (C=O) groups is 1. The summed E-state index contributed by atoms with van der Waals surface area (Å²) in [5, 5.41) is 18.6. The van der Waals surface area contributed by atoms with Gasteiger partial charge in [-0.2, -0.15) is 13.2 Å². The number of ether oxygens (including phenoxy) is 1. The highest BCUT2D eigenvalue weighted by Crippen LogP contribution is 2.31. The van der Waals surface area contributed by atoms with E-state index >= 15 is 0 Å². The van der Waals surface area contributed by atoms with Gasteiger partial charge in [0, 0.05) is 11.2 Å². The van der Waals surface area contributed by atoms with E-state index in [1.165, 1.54) is 18.2 Å². The van der Waals surface area contributed by atoms with Crippen LogP contribution in [0.1, 0.15) is 12.5 Å². The van der Waals surface area contributed by atoms with Crippen LogP contribution >= 0.6 is 35.0 Å². The Morgan fingerprint density at radius 1 is 1.27 bits per heavy atom. The average molecular weight is 480 g/mol. The van der Waals surface area contributed by atoms with Crippen LogP contribution < -0.4 is 0 Å². The van der Waals surface area contributed by atoms with Crippen LogP contribution in [-0.4, -0.2) is 28.4 Å². The number of halogens is 5. The first-order valence-corrected chi connectivity index (χ1v) is 9.98. The first-order valence-electron chi connectivity index (χ1n) is 8.24. The zero-order valence-electron chi connectivity index (χ0n) is 15.3. The highest BCUT2D eigenvalue weighted by Gasteiger charge is 2.30. The Bertz CT molecular complexity index is 967. The number of hydrogen-bond acceptors (Lipinski definition) is 7. The maximum atomic E-state index is 12.6. The molecule has 0 unspecified atom stereocenters. The predicted molar refractivity (Wildman–Crippen MR) is 107 cm³/mol. The summed E-state index contributed by atoms with van der Waals surface area (Å²) in [6, 6.07) is 6.43. The molecular formula is C18H14Cl2F3N3O3S. The second kappa shape index (κ2) is 10.6. The number of rotatable bonds is 7. The zero-order chi connectivity index (χ0) is 22.3. The van der Waals surface area contributed by atoms with Crippen LogP contribution in [0.3, 0.4) is 0 Å². The van der Waals surface area contributed by atoms with Gasteiger partial charge in [-0.1, -0.05) is 35.0 Å². The lowest BCUT2D eigenvalue weighted by Crippen LogP contribution is -2.09. The van der Waals surface area contributed by atoms with E-state index in [0.717, 1.165) is 23.9 Å². The highest BCUT2D eigenvalue weighted by molar-refractivity contribution is 7.99. The smallest absolute Gasteiger partial charge is 0.417 e. The molecule has 0 aliphatic carbocycles. The molecule has 0 atom stereocenters. The molecule has 0 aliphatic heterocycles. The molecule has 1 N–H and O–H groups in total. The molecule has 0 amide bonds. The lowest BCUT2D eigenvalue weighted by Gasteiger charge is -2.07. The number of aromatic nitrogens is 1.